The van der Waals surface area contributed by atoms with E-state index in [9.17, 15) is 0 Å². The van der Waals surface area contributed by atoms with E-state index >= 15 is 0 Å². The second-order valence-electron chi connectivity index (χ2n) is 12.9. The molecule has 51 heavy (non-hydrogen) atoms. The Morgan fingerprint density at radius 2 is 0.843 bits per heavy atom. The van der Waals surface area contributed by atoms with Crippen LogP contribution in [0.25, 0.3) is 61.1 Å². The molecule has 0 saturated carbocycles. The van der Waals surface area contributed by atoms with Crippen molar-refractivity contribution in [3.63, 3.8) is 0 Å². The van der Waals surface area contributed by atoms with Crippen LogP contribution in [-0.2, 0) is 0 Å². The van der Waals surface area contributed by atoms with Gasteiger partial charge in [0.1, 0.15) is 0 Å². The maximum Gasteiger partial charge on any atom is 0.0963 e. The number of anilines is 3. The van der Waals surface area contributed by atoms with Crippen LogP contribution in [0.4, 0.5) is 17.1 Å². The molecular weight excluding hydrogens is 619 g/mol. The zero-order valence-electron chi connectivity index (χ0n) is 28.3. The van der Waals surface area contributed by atoms with Gasteiger partial charge in [-0.1, -0.05) is 152 Å². The second-order valence-corrected chi connectivity index (χ2v) is 12.9. The average molecular weight is 654 g/mol. The summed E-state index contributed by atoms with van der Waals surface area (Å²) in [6.45, 7) is 2.20. The molecule has 0 N–H and O–H groups in total. The smallest absolute Gasteiger partial charge is 0.0963 e. The molecule has 2 heterocycles. The van der Waals surface area contributed by atoms with Crippen LogP contribution in [0, 0.1) is 6.92 Å². The minimum Gasteiger partial charge on any atom is -0.310 e. The van der Waals surface area contributed by atoms with Gasteiger partial charge in [-0.15, -0.1) is 0 Å². The molecule has 7 aromatic carbocycles. The van der Waals surface area contributed by atoms with E-state index in [2.05, 4.69) is 210 Å². The van der Waals surface area contributed by atoms with E-state index in [1.54, 1.807) is 0 Å². The van der Waals surface area contributed by atoms with Gasteiger partial charge in [-0.05, 0) is 77.0 Å². The van der Waals surface area contributed by atoms with Crippen LogP contribution in [0.1, 0.15) is 5.56 Å². The third-order valence-corrected chi connectivity index (χ3v) is 9.77. The molecule has 9 aromatic rings. The molecule has 9 rings (SSSR count). The van der Waals surface area contributed by atoms with Crippen molar-refractivity contribution in [3.05, 3.63) is 200 Å². The van der Waals surface area contributed by atoms with Crippen LogP contribution in [0.15, 0.2) is 194 Å². The van der Waals surface area contributed by atoms with Gasteiger partial charge < -0.3 is 4.90 Å². The standard InChI is InChI=1S/C48H35N3/c1-34-47(40-20-12-5-13-21-40)49-51-46(39-18-10-4-11-19-39)32-41-26-31-44(33-45(41)48(34)51)50(42-27-22-37(23-28-42)35-14-6-2-7-15-35)43-29-24-38(25-30-43)36-16-8-3-9-17-36/h2-33H,1H3. The minimum atomic E-state index is 0.996. The highest BCUT2D eigenvalue weighted by Gasteiger charge is 2.20. The molecule has 2 aromatic heterocycles. The molecule has 3 nitrogen and oxygen atoms in total. The normalized spacial score (nSPS) is 11.2. The third-order valence-electron chi connectivity index (χ3n) is 9.77. The van der Waals surface area contributed by atoms with Crippen molar-refractivity contribution in [2.75, 3.05) is 4.90 Å². The number of hydrogen-bond donors (Lipinski definition) is 0. The predicted octanol–water partition coefficient (Wildman–Crippen LogP) is 12.9. The molecule has 0 saturated heterocycles. The zero-order valence-corrected chi connectivity index (χ0v) is 28.3. The summed E-state index contributed by atoms with van der Waals surface area (Å²) in [5.74, 6) is 0. The number of nitrogens with zero attached hydrogens (tertiary/aromatic N) is 3. The van der Waals surface area contributed by atoms with Crippen LogP contribution in [0.2, 0.25) is 0 Å². The third kappa shape index (κ3) is 5.65. The van der Waals surface area contributed by atoms with Crippen molar-refractivity contribution < 1.29 is 0 Å². The first-order valence-corrected chi connectivity index (χ1v) is 17.4. The van der Waals surface area contributed by atoms with Gasteiger partial charge in [0.05, 0.1) is 16.9 Å². The van der Waals surface area contributed by atoms with Crippen molar-refractivity contribution >= 4 is 33.4 Å². The topological polar surface area (TPSA) is 20.5 Å². The molecule has 0 aliphatic heterocycles. The van der Waals surface area contributed by atoms with Crippen molar-refractivity contribution in [2.45, 2.75) is 6.92 Å². The lowest BCUT2D eigenvalue weighted by atomic mass is 10.0. The lowest BCUT2D eigenvalue weighted by Crippen LogP contribution is -2.10. The number of aryl methyl sites for hydroxylation is 1. The van der Waals surface area contributed by atoms with Crippen molar-refractivity contribution in [1.29, 1.82) is 0 Å². The summed E-state index contributed by atoms with van der Waals surface area (Å²) in [5.41, 5.74) is 14.6. The van der Waals surface area contributed by atoms with E-state index in [4.69, 9.17) is 5.10 Å². The molecule has 3 heteroatoms. The van der Waals surface area contributed by atoms with Crippen LogP contribution in [0.3, 0.4) is 0 Å². The van der Waals surface area contributed by atoms with Gasteiger partial charge in [-0.25, -0.2) is 4.52 Å². The van der Waals surface area contributed by atoms with Crippen molar-refractivity contribution in [3.8, 4) is 44.8 Å². The van der Waals surface area contributed by atoms with Crippen molar-refractivity contribution in [1.82, 2.24) is 9.61 Å². The van der Waals surface area contributed by atoms with Crippen LogP contribution >= 0.6 is 0 Å². The SMILES string of the molecule is Cc1c(-c2ccccc2)nn2c(-c3ccccc3)cc3ccc(N(c4ccc(-c5ccccc5)cc4)c4ccc(-c5ccccc5)cc4)cc3c12. The first kappa shape index (κ1) is 30.4. The number of benzene rings is 7. The fourth-order valence-electron chi connectivity index (χ4n) is 7.21. The largest absolute Gasteiger partial charge is 0.310 e. The maximum atomic E-state index is 5.28. The number of pyridine rings is 1. The fraction of sp³-hybridized carbons (Fsp3) is 0.0208. The molecular formula is C48H35N3. The summed E-state index contributed by atoms with van der Waals surface area (Å²) in [7, 11) is 0. The van der Waals surface area contributed by atoms with E-state index < -0.39 is 0 Å². The molecule has 0 spiro atoms. The number of rotatable bonds is 7. The first-order valence-electron chi connectivity index (χ1n) is 17.4. The lowest BCUT2D eigenvalue weighted by Gasteiger charge is -2.26. The second kappa shape index (κ2) is 13.0. The van der Waals surface area contributed by atoms with Gasteiger partial charge in [0.25, 0.3) is 0 Å². The summed E-state index contributed by atoms with van der Waals surface area (Å²) in [6, 6.07) is 69.0. The van der Waals surface area contributed by atoms with Crippen molar-refractivity contribution in [2.24, 2.45) is 0 Å². The Morgan fingerprint density at radius 1 is 0.412 bits per heavy atom. The lowest BCUT2D eigenvalue weighted by molar-refractivity contribution is 0.979. The molecule has 0 aliphatic carbocycles. The summed E-state index contributed by atoms with van der Waals surface area (Å²) >= 11 is 0. The summed E-state index contributed by atoms with van der Waals surface area (Å²) in [4.78, 5) is 2.36. The monoisotopic (exact) mass is 653 g/mol. The minimum absolute atomic E-state index is 0.996. The number of fused-ring (bicyclic) bond motifs is 3. The quantitative estimate of drug-likeness (QED) is 0.171. The molecule has 0 fully saturated rings. The van der Waals surface area contributed by atoms with Gasteiger partial charge in [0.15, 0.2) is 0 Å². The zero-order chi connectivity index (χ0) is 34.1. The predicted molar refractivity (Wildman–Crippen MR) is 214 cm³/mol. The molecule has 0 unspecified atom stereocenters. The highest BCUT2D eigenvalue weighted by Crippen LogP contribution is 2.41. The Labute approximate surface area is 298 Å². The van der Waals surface area contributed by atoms with Gasteiger partial charge in [0.2, 0.25) is 0 Å². The maximum absolute atomic E-state index is 5.28. The van der Waals surface area contributed by atoms with E-state index in [1.807, 2.05) is 0 Å². The average Bonchev–Trinajstić information content (AvgIpc) is 3.56. The molecule has 242 valence electrons. The molecule has 0 amide bonds. The van der Waals surface area contributed by atoms with E-state index in [0.717, 1.165) is 56.0 Å². The summed E-state index contributed by atoms with van der Waals surface area (Å²) < 4.78 is 2.15. The molecule has 0 bridgehead atoms. The van der Waals surface area contributed by atoms with Crippen LogP contribution in [-0.4, -0.2) is 9.61 Å². The van der Waals surface area contributed by atoms with Crippen LogP contribution in [0.5, 0.6) is 0 Å². The molecule has 0 radical (unpaired) electrons. The molecule has 0 atom stereocenters. The van der Waals surface area contributed by atoms with Gasteiger partial charge >= 0.3 is 0 Å². The van der Waals surface area contributed by atoms with Gasteiger partial charge in [-0.2, -0.15) is 5.10 Å². The molecule has 0 aliphatic rings. The van der Waals surface area contributed by atoms with E-state index in [1.165, 1.54) is 27.6 Å². The summed E-state index contributed by atoms with van der Waals surface area (Å²) in [6.07, 6.45) is 0. The van der Waals surface area contributed by atoms with E-state index in [0.29, 0.717) is 0 Å². The Kier molecular flexibility index (Phi) is 7.71. The van der Waals surface area contributed by atoms with Gasteiger partial charge in [0, 0.05) is 39.1 Å². The van der Waals surface area contributed by atoms with E-state index in [-0.39, 0.29) is 0 Å². The van der Waals surface area contributed by atoms with Crippen LogP contribution < -0.4 is 4.90 Å². The Hall–Kier alpha value is -6.71. The fourth-order valence-corrected chi connectivity index (χ4v) is 7.21. The number of aromatic nitrogens is 2. The summed E-state index contributed by atoms with van der Waals surface area (Å²) in [5, 5.41) is 7.61. The Bertz CT molecular complexity index is 2510. The highest BCUT2D eigenvalue weighted by molar-refractivity contribution is 6.04. The highest BCUT2D eigenvalue weighted by atomic mass is 15.2. The Morgan fingerprint density at radius 3 is 1.35 bits per heavy atom. The first-order chi connectivity index (χ1) is 25.2. The van der Waals surface area contributed by atoms with Gasteiger partial charge in [-0.3, -0.25) is 0 Å². The Balaban J connectivity index is 1.24. The number of hydrogen-bond acceptors (Lipinski definition) is 2.